The van der Waals surface area contributed by atoms with Crippen LogP contribution in [-0.2, 0) is 14.3 Å². The third-order valence-electron chi connectivity index (χ3n) is 2.70. The summed E-state index contributed by atoms with van der Waals surface area (Å²) in [6, 6.07) is 0. The smallest absolute Gasteiger partial charge is 0.302 e. The maximum Gasteiger partial charge on any atom is 0.302 e. The average Bonchev–Trinajstić information content (AvgIpc) is 2.30. The SMILES string of the molecule is CCC(C)CNC(=O)CCCCCOC(C)=O. The van der Waals surface area contributed by atoms with E-state index in [1.54, 1.807) is 0 Å². The van der Waals surface area contributed by atoms with Gasteiger partial charge < -0.3 is 10.1 Å². The number of nitrogens with one attached hydrogen (secondary N) is 1. The van der Waals surface area contributed by atoms with Gasteiger partial charge in [0.2, 0.25) is 5.91 Å². The van der Waals surface area contributed by atoms with E-state index in [-0.39, 0.29) is 11.9 Å². The monoisotopic (exact) mass is 243 g/mol. The van der Waals surface area contributed by atoms with Crippen LogP contribution >= 0.6 is 0 Å². The van der Waals surface area contributed by atoms with Crippen LogP contribution in [0.5, 0.6) is 0 Å². The first-order valence-corrected chi connectivity index (χ1v) is 6.46. The van der Waals surface area contributed by atoms with Gasteiger partial charge in [0.1, 0.15) is 0 Å². The molecule has 0 bridgehead atoms. The molecule has 0 aromatic heterocycles. The van der Waals surface area contributed by atoms with Gasteiger partial charge in [-0.1, -0.05) is 20.3 Å². The maximum absolute atomic E-state index is 11.4. The second kappa shape index (κ2) is 10.1. The van der Waals surface area contributed by atoms with Crippen LogP contribution in [0.3, 0.4) is 0 Å². The van der Waals surface area contributed by atoms with Gasteiger partial charge in [0.05, 0.1) is 6.61 Å². The van der Waals surface area contributed by atoms with Crippen molar-refractivity contribution in [2.45, 2.75) is 52.9 Å². The molecule has 0 aliphatic rings. The molecule has 1 atom stereocenters. The van der Waals surface area contributed by atoms with E-state index in [2.05, 4.69) is 19.2 Å². The molecule has 0 saturated heterocycles. The van der Waals surface area contributed by atoms with Gasteiger partial charge in [-0.15, -0.1) is 0 Å². The molecule has 0 spiro atoms. The Kier molecular flexibility index (Phi) is 9.49. The Hall–Kier alpha value is -1.06. The van der Waals surface area contributed by atoms with E-state index in [0.717, 1.165) is 32.2 Å². The van der Waals surface area contributed by atoms with Gasteiger partial charge in [-0.2, -0.15) is 0 Å². The first-order chi connectivity index (χ1) is 8.06. The van der Waals surface area contributed by atoms with Crippen molar-refractivity contribution >= 4 is 11.9 Å². The highest BCUT2D eigenvalue weighted by Crippen LogP contribution is 2.02. The van der Waals surface area contributed by atoms with E-state index in [1.807, 2.05) is 0 Å². The number of hydrogen-bond donors (Lipinski definition) is 1. The lowest BCUT2D eigenvalue weighted by Crippen LogP contribution is -2.27. The minimum atomic E-state index is -0.240. The molecular formula is C13H25NO3. The first kappa shape index (κ1) is 15.9. The Balaban J connectivity index is 3.30. The minimum absolute atomic E-state index is 0.123. The molecule has 100 valence electrons. The van der Waals surface area contributed by atoms with Crippen molar-refractivity contribution < 1.29 is 14.3 Å². The lowest BCUT2D eigenvalue weighted by Gasteiger charge is -2.09. The second-order valence-corrected chi connectivity index (χ2v) is 4.47. The second-order valence-electron chi connectivity index (χ2n) is 4.47. The van der Waals surface area contributed by atoms with Crippen LogP contribution in [0.15, 0.2) is 0 Å². The summed E-state index contributed by atoms with van der Waals surface area (Å²) < 4.78 is 4.80. The molecule has 1 N–H and O–H groups in total. The molecule has 4 nitrogen and oxygen atoms in total. The van der Waals surface area contributed by atoms with Crippen molar-refractivity contribution in [3.8, 4) is 0 Å². The predicted molar refractivity (Wildman–Crippen MR) is 67.6 cm³/mol. The fraction of sp³-hybridized carbons (Fsp3) is 0.846. The molecule has 0 saturated carbocycles. The van der Waals surface area contributed by atoms with Crippen LogP contribution in [-0.4, -0.2) is 25.0 Å². The molecule has 0 fully saturated rings. The number of amides is 1. The van der Waals surface area contributed by atoms with Crippen molar-refractivity contribution in [2.24, 2.45) is 5.92 Å². The molecule has 0 heterocycles. The zero-order valence-electron chi connectivity index (χ0n) is 11.3. The number of hydrogen-bond acceptors (Lipinski definition) is 3. The Labute approximate surface area is 104 Å². The third-order valence-corrected chi connectivity index (χ3v) is 2.70. The van der Waals surface area contributed by atoms with Crippen molar-refractivity contribution in [1.29, 1.82) is 0 Å². The quantitative estimate of drug-likeness (QED) is 0.499. The van der Waals surface area contributed by atoms with Gasteiger partial charge in [-0.05, 0) is 25.2 Å². The summed E-state index contributed by atoms with van der Waals surface area (Å²) in [6.07, 6.45) is 4.26. The lowest BCUT2D eigenvalue weighted by atomic mass is 10.1. The molecule has 0 rings (SSSR count). The molecule has 1 unspecified atom stereocenters. The summed E-state index contributed by atoms with van der Waals surface area (Å²) in [4.78, 5) is 21.9. The summed E-state index contributed by atoms with van der Waals surface area (Å²) >= 11 is 0. The predicted octanol–water partition coefficient (Wildman–Crippen LogP) is 2.27. The highest BCUT2D eigenvalue weighted by molar-refractivity contribution is 5.75. The number of ether oxygens (including phenoxy) is 1. The van der Waals surface area contributed by atoms with E-state index in [9.17, 15) is 9.59 Å². The maximum atomic E-state index is 11.4. The lowest BCUT2D eigenvalue weighted by molar-refractivity contribution is -0.141. The zero-order chi connectivity index (χ0) is 13.1. The molecule has 0 aliphatic heterocycles. The first-order valence-electron chi connectivity index (χ1n) is 6.46. The van der Waals surface area contributed by atoms with Gasteiger partial charge in [0.15, 0.2) is 0 Å². The standard InChI is InChI=1S/C13H25NO3/c1-4-11(2)10-14-13(16)8-6-5-7-9-17-12(3)15/h11H,4-10H2,1-3H3,(H,14,16). The van der Waals surface area contributed by atoms with E-state index in [1.165, 1.54) is 6.92 Å². The molecule has 0 aromatic carbocycles. The van der Waals surface area contributed by atoms with Crippen LogP contribution in [0.1, 0.15) is 52.9 Å². The molecule has 0 radical (unpaired) electrons. The summed E-state index contributed by atoms with van der Waals surface area (Å²) in [5.41, 5.74) is 0. The normalized spacial score (nSPS) is 11.9. The molecule has 0 aromatic rings. The number of esters is 1. The summed E-state index contributed by atoms with van der Waals surface area (Å²) in [6.45, 7) is 6.88. The molecule has 4 heteroatoms. The number of carbonyl (C=O) groups excluding carboxylic acids is 2. The van der Waals surface area contributed by atoms with Crippen molar-refractivity contribution in [2.75, 3.05) is 13.2 Å². The average molecular weight is 243 g/mol. The van der Waals surface area contributed by atoms with E-state index >= 15 is 0 Å². The van der Waals surface area contributed by atoms with E-state index < -0.39 is 0 Å². The van der Waals surface area contributed by atoms with Crippen LogP contribution in [0.4, 0.5) is 0 Å². The van der Waals surface area contributed by atoms with Gasteiger partial charge in [-0.25, -0.2) is 0 Å². The number of carbonyl (C=O) groups is 2. The van der Waals surface area contributed by atoms with E-state index in [4.69, 9.17) is 4.74 Å². The Morgan fingerprint density at radius 3 is 2.53 bits per heavy atom. The Morgan fingerprint density at radius 2 is 1.94 bits per heavy atom. The van der Waals surface area contributed by atoms with Crippen LogP contribution in [0.2, 0.25) is 0 Å². The summed E-state index contributed by atoms with van der Waals surface area (Å²) in [5.74, 6) is 0.428. The summed E-state index contributed by atoms with van der Waals surface area (Å²) in [7, 11) is 0. The van der Waals surface area contributed by atoms with Crippen LogP contribution in [0.25, 0.3) is 0 Å². The van der Waals surface area contributed by atoms with Gasteiger partial charge >= 0.3 is 5.97 Å². The Morgan fingerprint density at radius 1 is 1.24 bits per heavy atom. The van der Waals surface area contributed by atoms with Gasteiger partial charge in [0, 0.05) is 19.9 Å². The van der Waals surface area contributed by atoms with Gasteiger partial charge in [0.25, 0.3) is 0 Å². The molecule has 17 heavy (non-hydrogen) atoms. The van der Waals surface area contributed by atoms with E-state index in [0.29, 0.717) is 18.9 Å². The largest absolute Gasteiger partial charge is 0.466 e. The molecule has 0 aliphatic carbocycles. The fourth-order valence-corrected chi connectivity index (χ4v) is 1.30. The topological polar surface area (TPSA) is 55.4 Å². The van der Waals surface area contributed by atoms with Gasteiger partial charge in [-0.3, -0.25) is 9.59 Å². The zero-order valence-corrected chi connectivity index (χ0v) is 11.3. The highest BCUT2D eigenvalue weighted by atomic mass is 16.5. The minimum Gasteiger partial charge on any atom is -0.466 e. The molecular weight excluding hydrogens is 218 g/mol. The van der Waals surface area contributed by atoms with Crippen molar-refractivity contribution in [3.05, 3.63) is 0 Å². The third kappa shape index (κ3) is 11.2. The number of rotatable bonds is 9. The molecule has 1 amide bonds. The number of unbranched alkanes of at least 4 members (excludes halogenated alkanes) is 2. The Bertz CT molecular complexity index is 229. The highest BCUT2D eigenvalue weighted by Gasteiger charge is 2.03. The fourth-order valence-electron chi connectivity index (χ4n) is 1.30. The van der Waals surface area contributed by atoms with Crippen LogP contribution in [0, 0.1) is 5.92 Å². The van der Waals surface area contributed by atoms with Crippen molar-refractivity contribution in [1.82, 2.24) is 5.32 Å². The van der Waals surface area contributed by atoms with Crippen LogP contribution < -0.4 is 5.32 Å². The summed E-state index contributed by atoms with van der Waals surface area (Å²) in [5, 5.41) is 2.92. The van der Waals surface area contributed by atoms with Crippen molar-refractivity contribution in [3.63, 3.8) is 0 Å².